The summed E-state index contributed by atoms with van der Waals surface area (Å²) in [5, 5.41) is 0. The number of benzene rings is 3. The van der Waals surface area contributed by atoms with Crippen molar-refractivity contribution in [3.8, 4) is 0 Å². The summed E-state index contributed by atoms with van der Waals surface area (Å²) < 4.78 is 13.3. The van der Waals surface area contributed by atoms with E-state index in [1.807, 2.05) is 54.6 Å². The first kappa shape index (κ1) is 23.7. The average Bonchev–Trinajstić information content (AvgIpc) is 3.19. The summed E-state index contributed by atoms with van der Waals surface area (Å²) >= 11 is 0. The second-order valence-corrected chi connectivity index (χ2v) is 9.80. The second-order valence-electron chi connectivity index (χ2n) is 9.80. The molecular formula is C31H32O4. The summed E-state index contributed by atoms with van der Waals surface area (Å²) in [6, 6.07) is 29.7. The molecule has 0 N–H and O–H groups in total. The molecule has 180 valence electrons. The summed E-state index contributed by atoms with van der Waals surface area (Å²) in [4.78, 5) is 26.9. The molecule has 1 aliphatic heterocycles. The molecule has 1 saturated heterocycles. The number of hydrogen-bond acceptors (Lipinski definition) is 4. The van der Waals surface area contributed by atoms with Gasteiger partial charge in [-0.2, -0.15) is 0 Å². The fourth-order valence-corrected chi connectivity index (χ4v) is 5.79. The number of carbonyl (C=O) groups excluding carboxylic acids is 2. The molecule has 1 saturated carbocycles. The number of rotatable bonds is 7. The van der Waals surface area contributed by atoms with Crippen molar-refractivity contribution in [1.29, 1.82) is 0 Å². The molecule has 2 atom stereocenters. The van der Waals surface area contributed by atoms with Gasteiger partial charge >= 0.3 is 0 Å². The van der Waals surface area contributed by atoms with E-state index in [-0.39, 0.29) is 23.9 Å². The van der Waals surface area contributed by atoms with Crippen molar-refractivity contribution in [2.45, 2.75) is 43.8 Å². The Hall–Kier alpha value is -3.08. The monoisotopic (exact) mass is 468 g/mol. The third-order valence-corrected chi connectivity index (χ3v) is 7.72. The van der Waals surface area contributed by atoms with Gasteiger partial charge in [-0.1, -0.05) is 111 Å². The lowest BCUT2D eigenvalue weighted by Crippen LogP contribution is -2.55. The summed E-state index contributed by atoms with van der Waals surface area (Å²) in [6.07, 6.45) is 2.72. The van der Waals surface area contributed by atoms with Crippen molar-refractivity contribution in [1.82, 2.24) is 0 Å². The minimum atomic E-state index is -1.06. The molecule has 0 radical (unpaired) electrons. The van der Waals surface area contributed by atoms with Crippen LogP contribution in [0.25, 0.3) is 0 Å². The van der Waals surface area contributed by atoms with Crippen molar-refractivity contribution in [2.24, 2.45) is 11.8 Å². The van der Waals surface area contributed by atoms with Crippen molar-refractivity contribution in [3.05, 3.63) is 108 Å². The minimum Gasteiger partial charge on any atom is -0.348 e. The molecule has 2 fully saturated rings. The third-order valence-electron chi connectivity index (χ3n) is 7.72. The zero-order chi connectivity index (χ0) is 24.3. The smallest absolute Gasteiger partial charge is 0.179 e. The largest absolute Gasteiger partial charge is 0.348 e. The van der Waals surface area contributed by atoms with Crippen LogP contribution in [0.3, 0.4) is 0 Å². The van der Waals surface area contributed by atoms with Crippen LogP contribution in [0.1, 0.15) is 54.1 Å². The Balaban J connectivity index is 1.49. The van der Waals surface area contributed by atoms with E-state index in [1.165, 1.54) is 0 Å². The molecule has 3 aromatic rings. The van der Waals surface area contributed by atoms with Crippen LogP contribution in [0.15, 0.2) is 91.0 Å². The lowest BCUT2D eigenvalue weighted by Gasteiger charge is -2.48. The maximum absolute atomic E-state index is 13.5. The molecule has 0 aromatic heterocycles. The van der Waals surface area contributed by atoms with Gasteiger partial charge in [-0.05, 0) is 17.5 Å². The Labute approximate surface area is 207 Å². The predicted molar refractivity (Wildman–Crippen MR) is 135 cm³/mol. The van der Waals surface area contributed by atoms with E-state index in [9.17, 15) is 9.59 Å². The van der Waals surface area contributed by atoms with Crippen LogP contribution in [0.2, 0.25) is 0 Å². The zero-order valence-electron chi connectivity index (χ0n) is 20.2. The lowest BCUT2D eigenvalue weighted by molar-refractivity contribution is -0.302. The van der Waals surface area contributed by atoms with Crippen LogP contribution < -0.4 is 0 Å². The first-order valence-corrected chi connectivity index (χ1v) is 12.6. The van der Waals surface area contributed by atoms with E-state index in [1.54, 1.807) is 12.1 Å². The molecule has 0 bridgehead atoms. The van der Waals surface area contributed by atoms with Gasteiger partial charge in [0.25, 0.3) is 0 Å². The Kier molecular flexibility index (Phi) is 6.68. The zero-order valence-corrected chi connectivity index (χ0v) is 20.2. The predicted octanol–water partition coefficient (Wildman–Crippen LogP) is 5.99. The molecule has 3 aromatic carbocycles. The van der Waals surface area contributed by atoms with E-state index in [2.05, 4.69) is 31.2 Å². The van der Waals surface area contributed by atoms with Crippen molar-refractivity contribution >= 4 is 11.6 Å². The molecular weight excluding hydrogens is 436 g/mol. The van der Waals surface area contributed by atoms with Gasteiger partial charge in [0.05, 0.1) is 31.0 Å². The quantitative estimate of drug-likeness (QED) is 0.316. The number of ether oxygens (including phenoxy) is 2. The molecule has 2 aliphatic rings. The van der Waals surface area contributed by atoms with Crippen molar-refractivity contribution < 1.29 is 19.1 Å². The highest BCUT2D eigenvalue weighted by molar-refractivity contribution is 6.12. The molecule has 1 heterocycles. The topological polar surface area (TPSA) is 52.6 Å². The van der Waals surface area contributed by atoms with Crippen LogP contribution in [0.5, 0.6) is 0 Å². The van der Waals surface area contributed by atoms with Crippen LogP contribution >= 0.6 is 0 Å². The number of unbranched alkanes of at least 4 members (excludes halogenated alkanes) is 1. The average molecular weight is 469 g/mol. The summed E-state index contributed by atoms with van der Waals surface area (Å²) in [6.45, 7) is 2.91. The summed E-state index contributed by atoms with van der Waals surface area (Å²) in [7, 11) is 0. The first-order chi connectivity index (χ1) is 17.1. The Morgan fingerprint density at radius 3 is 1.86 bits per heavy atom. The maximum Gasteiger partial charge on any atom is 0.179 e. The SMILES string of the molecule is CCCC[C@@H]1[C@@H](C(=O)c2ccccc2)C(=O)CC12OCC(c1ccccc1)(c1ccccc1)CO2. The van der Waals surface area contributed by atoms with E-state index in [0.29, 0.717) is 18.8 Å². The Bertz CT molecular complexity index is 1110. The van der Waals surface area contributed by atoms with Gasteiger partial charge in [0.2, 0.25) is 0 Å². The highest BCUT2D eigenvalue weighted by atomic mass is 16.7. The molecule has 1 aliphatic carbocycles. The van der Waals surface area contributed by atoms with Gasteiger partial charge in [0, 0.05) is 11.5 Å². The molecule has 35 heavy (non-hydrogen) atoms. The maximum atomic E-state index is 13.5. The van der Waals surface area contributed by atoms with Crippen molar-refractivity contribution in [2.75, 3.05) is 13.2 Å². The van der Waals surface area contributed by atoms with Gasteiger partial charge in [0.1, 0.15) is 5.78 Å². The van der Waals surface area contributed by atoms with E-state index in [0.717, 1.165) is 30.4 Å². The molecule has 0 amide bonds. The number of carbonyl (C=O) groups is 2. The number of ketones is 2. The summed E-state index contributed by atoms with van der Waals surface area (Å²) in [5.41, 5.74) is 2.33. The van der Waals surface area contributed by atoms with Gasteiger partial charge in [0.15, 0.2) is 11.6 Å². The number of Topliss-reactive ketones (excluding diaryl/α,β-unsaturated/α-hetero) is 2. The van der Waals surface area contributed by atoms with Crippen LogP contribution in [0, 0.1) is 11.8 Å². The fourth-order valence-electron chi connectivity index (χ4n) is 5.79. The molecule has 0 unspecified atom stereocenters. The van der Waals surface area contributed by atoms with Crippen molar-refractivity contribution in [3.63, 3.8) is 0 Å². The molecule has 1 spiro atoms. The van der Waals surface area contributed by atoms with E-state index >= 15 is 0 Å². The summed E-state index contributed by atoms with van der Waals surface area (Å²) in [5.74, 6) is -2.29. The molecule has 5 rings (SSSR count). The Morgan fingerprint density at radius 1 is 0.829 bits per heavy atom. The second kappa shape index (κ2) is 9.88. The molecule has 4 nitrogen and oxygen atoms in total. The van der Waals surface area contributed by atoms with Crippen LogP contribution in [-0.2, 0) is 19.7 Å². The minimum absolute atomic E-state index is 0.0770. The lowest BCUT2D eigenvalue weighted by atomic mass is 9.74. The van der Waals surface area contributed by atoms with E-state index in [4.69, 9.17) is 9.47 Å². The third kappa shape index (κ3) is 4.26. The number of hydrogen-bond donors (Lipinski definition) is 0. The molecule has 4 heteroatoms. The van der Waals surface area contributed by atoms with Gasteiger partial charge in [-0.3, -0.25) is 9.59 Å². The van der Waals surface area contributed by atoms with Gasteiger partial charge in [-0.25, -0.2) is 0 Å². The van der Waals surface area contributed by atoms with E-state index < -0.39 is 17.1 Å². The highest BCUT2D eigenvalue weighted by Gasteiger charge is 2.60. The normalized spacial score (nSPS) is 22.8. The van der Waals surface area contributed by atoms with Crippen LogP contribution in [-0.4, -0.2) is 30.6 Å². The highest BCUT2D eigenvalue weighted by Crippen LogP contribution is 2.50. The van der Waals surface area contributed by atoms with Gasteiger partial charge < -0.3 is 9.47 Å². The Morgan fingerprint density at radius 2 is 1.34 bits per heavy atom. The van der Waals surface area contributed by atoms with Gasteiger partial charge in [-0.15, -0.1) is 0 Å². The standard InChI is InChI=1S/C31H32O4/c1-2-3-19-26-28(29(33)23-13-7-4-8-14-23)27(32)20-31(26)34-21-30(22-35-31,24-15-9-5-10-16-24)25-17-11-6-12-18-25/h4-18,26,28H,2-3,19-22H2,1H3/t26-,28-/m1/s1. The fraction of sp³-hybridized carbons (Fsp3) is 0.355. The van der Waals surface area contributed by atoms with Crippen LogP contribution in [0.4, 0.5) is 0 Å². The first-order valence-electron chi connectivity index (χ1n) is 12.6.